The van der Waals surface area contributed by atoms with Crippen molar-refractivity contribution in [1.82, 2.24) is 5.32 Å². The quantitative estimate of drug-likeness (QED) is 0.0810. The zero-order chi connectivity index (χ0) is 34.5. The summed E-state index contributed by atoms with van der Waals surface area (Å²) in [6.07, 6.45) is -30.1. The van der Waals surface area contributed by atoms with Gasteiger partial charge in [0, 0.05) is 6.92 Å². The van der Waals surface area contributed by atoms with E-state index in [1.165, 1.54) is 0 Å². The Balaban J connectivity index is 2.00. The minimum Gasteiger partial charge on any atom is -0.394 e. The summed E-state index contributed by atoms with van der Waals surface area (Å²) in [5.41, 5.74) is 0. The molecule has 14 N–H and O–H groups in total. The SMILES string of the molecule is CC(=O)N[C@H]1[C@H](OC[C@@H](O)[C@@H](O)[C@@H](O)CO)O[C@H](CO)[C@H](O[C@H]2O[C@H](CO)[C@@H](O)[C@H](O)[C@H]2O)[C@@H]1O[C@@H]1O[C@H](CO)[C@@H](O)[C@H](O)[C@H]1O. The van der Waals surface area contributed by atoms with Crippen LogP contribution in [0, 0.1) is 0 Å². The van der Waals surface area contributed by atoms with Gasteiger partial charge in [0.15, 0.2) is 18.9 Å². The van der Waals surface area contributed by atoms with Crippen molar-refractivity contribution in [2.75, 3.05) is 33.0 Å². The van der Waals surface area contributed by atoms with Crippen LogP contribution in [-0.2, 0) is 33.2 Å². The molecule has 0 saturated carbocycles. The lowest BCUT2D eigenvalue weighted by Gasteiger charge is -2.50. The molecular weight excluding hydrogens is 634 g/mol. The number of aliphatic hydroxyl groups is 13. The maximum Gasteiger partial charge on any atom is 0.217 e. The third-order valence-corrected chi connectivity index (χ3v) is 7.88. The van der Waals surface area contributed by atoms with Gasteiger partial charge in [0.05, 0.1) is 33.0 Å². The minimum absolute atomic E-state index is 0.755. The van der Waals surface area contributed by atoms with Crippen molar-refractivity contribution in [3.63, 3.8) is 0 Å². The number of carbonyl (C=O) groups excluding carboxylic acids is 1. The van der Waals surface area contributed by atoms with E-state index in [1.807, 2.05) is 0 Å². The zero-order valence-electron chi connectivity index (χ0n) is 24.6. The van der Waals surface area contributed by atoms with Crippen molar-refractivity contribution in [1.29, 1.82) is 0 Å². The lowest BCUT2D eigenvalue weighted by molar-refractivity contribution is -0.375. The highest BCUT2D eigenvalue weighted by Crippen LogP contribution is 2.34. The summed E-state index contributed by atoms with van der Waals surface area (Å²) >= 11 is 0. The van der Waals surface area contributed by atoms with Crippen LogP contribution in [-0.4, -0.2) is 216 Å². The molecule has 0 aromatic carbocycles. The molecule has 0 bridgehead atoms. The standard InChI is InChI=1S/C25H45NO20/c1-7(31)26-13-22(46-25-20(40)18(38)16(36)11(4-29)43-25)21(45-24-19(39)17(37)15(35)10(3-28)42-24)12(5-30)44-23(13)41-6-9(33)14(34)8(32)2-27/h8-25,27-30,32-40H,2-6H2,1H3,(H,26,31)/t8-,9+,10+,11+,12+,13+,14-,15+,16+,17-,18-,19+,20+,21-,22+,23+,24+,25-/m0/s1. The Hall–Kier alpha value is -1.29. The van der Waals surface area contributed by atoms with Crippen LogP contribution >= 0.6 is 0 Å². The molecule has 0 radical (unpaired) electrons. The highest BCUT2D eigenvalue weighted by atomic mass is 16.8. The Morgan fingerprint density at radius 2 is 1.11 bits per heavy atom. The first kappa shape index (κ1) is 39.2. The molecular formula is C25H45NO20. The normalized spacial score (nSPS) is 43.9. The average molecular weight is 680 g/mol. The Labute approximate surface area is 261 Å². The Bertz CT molecular complexity index is 932. The Kier molecular flexibility index (Phi) is 14.8. The summed E-state index contributed by atoms with van der Waals surface area (Å²) in [5, 5.41) is 133. The molecule has 1 amide bonds. The molecule has 3 heterocycles. The molecule has 3 saturated heterocycles. The molecule has 21 nitrogen and oxygen atoms in total. The second-order valence-corrected chi connectivity index (χ2v) is 11.2. The number of carbonyl (C=O) groups is 1. The van der Waals surface area contributed by atoms with Crippen LogP contribution < -0.4 is 5.32 Å². The number of amides is 1. The number of ether oxygens (including phenoxy) is 6. The van der Waals surface area contributed by atoms with Crippen LogP contribution in [0.25, 0.3) is 0 Å². The van der Waals surface area contributed by atoms with E-state index in [1.54, 1.807) is 0 Å². The van der Waals surface area contributed by atoms with Gasteiger partial charge in [-0.3, -0.25) is 4.79 Å². The molecule has 3 aliphatic heterocycles. The predicted octanol–water partition coefficient (Wildman–Crippen LogP) is -9.33. The maximum atomic E-state index is 12.3. The maximum absolute atomic E-state index is 12.3. The Morgan fingerprint density at radius 3 is 1.54 bits per heavy atom. The summed E-state index contributed by atoms with van der Waals surface area (Å²) in [4.78, 5) is 12.3. The third-order valence-electron chi connectivity index (χ3n) is 7.88. The van der Waals surface area contributed by atoms with E-state index in [0.717, 1.165) is 6.92 Å². The molecule has 3 fully saturated rings. The molecule has 0 aliphatic carbocycles. The fourth-order valence-corrected chi connectivity index (χ4v) is 5.23. The van der Waals surface area contributed by atoms with Gasteiger partial charge < -0.3 is 100 Å². The topological polar surface area (TPSA) is 347 Å². The van der Waals surface area contributed by atoms with Gasteiger partial charge >= 0.3 is 0 Å². The predicted molar refractivity (Wildman–Crippen MR) is 142 cm³/mol. The van der Waals surface area contributed by atoms with Gasteiger partial charge in [0.25, 0.3) is 0 Å². The fourth-order valence-electron chi connectivity index (χ4n) is 5.23. The van der Waals surface area contributed by atoms with Gasteiger partial charge in [-0.05, 0) is 0 Å². The van der Waals surface area contributed by atoms with Gasteiger partial charge in [-0.15, -0.1) is 0 Å². The van der Waals surface area contributed by atoms with Crippen LogP contribution in [0.15, 0.2) is 0 Å². The highest BCUT2D eigenvalue weighted by molar-refractivity contribution is 5.73. The smallest absolute Gasteiger partial charge is 0.217 e. The number of hydrogen-bond donors (Lipinski definition) is 14. The second-order valence-electron chi connectivity index (χ2n) is 11.2. The average Bonchev–Trinajstić information content (AvgIpc) is 3.04. The van der Waals surface area contributed by atoms with Crippen LogP contribution in [0.2, 0.25) is 0 Å². The van der Waals surface area contributed by atoms with Crippen molar-refractivity contribution in [2.45, 2.75) is 117 Å². The van der Waals surface area contributed by atoms with Crippen LogP contribution in [0.3, 0.4) is 0 Å². The van der Waals surface area contributed by atoms with Crippen LogP contribution in [0.1, 0.15) is 6.92 Å². The molecule has 21 heteroatoms. The van der Waals surface area contributed by atoms with E-state index < -0.39 is 149 Å². The van der Waals surface area contributed by atoms with E-state index in [-0.39, 0.29) is 0 Å². The summed E-state index contributed by atoms with van der Waals surface area (Å²) in [7, 11) is 0. The number of nitrogens with one attached hydrogen (secondary N) is 1. The molecule has 0 unspecified atom stereocenters. The molecule has 3 rings (SSSR count). The van der Waals surface area contributed by atoms with Gasteiger partial charge in [0.2, 0.25) is 5.91 Å². The van der Waals surface area contributed by atoms with Crippen LogP contribution in [0.5, 0.6) is 0 Å². The van der Waals surface area contributed by atoms with Crippen molar-refractivity contribution in [3.8, 4) is 0 Å². The first-order valence-corrected chi connectivity index (χ1v) is 14.4. The third kappa shape index (κ3) is 8.83. The van der Waals surface area contributed by atoms with Gasteiger partial charge in [-0.25, -0.2) is 0 Å². The number of rotatable bonds is 14. The molecule has 270 valence electrons. The van der Waals surface area contributed by atoms with Gasteiger partial charge in [-0.2, -0.15) is 0 Å². The number of hydrogen-bond acceptors (Lipinski definition) is 20. The summed E-state index contributed by atoms with van der Waals surface area (Å²) in [6, 6.07) is -1.56. The molecule has 0 aromatic rings. The fraction of sp³-hybridized carbons (Fsp3) is 0.960. The largest absolute Gasteiger partial charge is 0.394 e. The van der Waals surface area contributed by atoms with E-state index in [2.05, 4.69) is 5.32 Å². The van der Waals surface area contributed by atoms with Crippen molar-refractivity contribution < 1.29 is 99.6 Å². The lowest BCUT2D eigenvalue weighted by Crippen LogP contribution is -2.70. The van der Waals surface area contributed by atoms with E-state index in [0.29, 0.717) is 0 Å². The lowest BCUT2D eigenvalue weighted by atomic mass is 9.94. The molecule has 0 aromatic heterocycles. The van der Waals surface area contributed by atoms with E-state index in [9.17, 15) is 66.1 Å². The second kappa shape index (κ2) is 17.4. The highest BCUT2D eigenvalue weighted by Gasteiger charge is 2.55. The molecule has 0 spiro atoms. The summed E-state index contributed by atoms with van der Waals surface area (Å²) < 4.78 is 33.9. The molecule has 3 aliphatic rings. The summed E-state index contributed by atoms with van der Waals surface area (Å²) in [6.45, 7) is -3.25. The first-order valence-electron chi connectivity index (χ1n) is 14.4. The Morgan fingerprint density at radius 1 is 0.652 bits per heavy atom. The minimum atomic E-state index is -1.99. The van der Waals surface area contributed by atoms with E-state index >= 15 is 0 Å². The molecule has 18 atom stereocenters. The monoisotopic (exact) mass is 679 g/mol. The van der Waals surface area contributed by atoms with Crippen LogP contribution in [0.4, 0.5) is 0 Å². The van der Waals surface area contributed by atoms with Crippen molar-refractivity contribution in [2.24, 2.45) is 0 Å². The molecule has 46 heavy (non-hydrogen) atoms. The zero-order valence-corrected chi connectivity index (χ0v) is 24.6. The summed E-state index contributed by atoms with van der Waals surface area (Å²) in [5.74, 6) is -0.755. The van der Waals surface area contributed by atoms with Gasteiger partial charge in [0.1, 0.15) is 91.5 Å². The first-order chi connectivity index (χ1) is 21.7. The van der Waals surface area contributed by atoms with Gasteiger partial charge in [-0.1, -0.05) is 0 Å². The van der Waals surface area contributed by atoms with Crippen molar-refractivity contribution >= 4 is 5.91 Å². The van der Waals surface area contributed by atoms with E-state index in [4.69, 9.17) is 33.5 Å². The van der Waals surface area contributed by atoms with Crippen molar-refractivity contribution in [3.05, 3.63) is 0 Å². The number of aliphatic hydroxyl groups excluding tert-OH is 13.